The van der Waals surface area contributed by atoms with Gasteiger partial charge in [0.15, 0.2) is 0 Å². The average molecular weight is 355 g/mol. The molecule has 0 aliphatic heterocycles. The number of rotatable bonds is 5. The maximum atomic E-state index is 10.9. The van der Waals surface area contributed by atoms with Crippen LogP contribution >= 0.6 is 15.9 Å². The van der Waals surface area contributed by atoms with Crippen LogP contribution in [-0.4, -0.2) is 18.0 Å². The first kappa shape index (κ1) is 16.3. The van der Waals surface area contributed by atoms with Gasteiger partial charge < -0.3 is 4.90 Å². The molecule has 1 aliphatic rings. The highest BCUT2D eigenvalue weighted by Crippen LogP contribution is 2.34. The normalized spacial score (nSPS) is 22.0. The highest BCUT2D eigenvalue weighted by molar-refractivity contribution is 9.08. The van der Waals surface area contributed by atoms with E-state index in [1.54, 1.807) is 12.1 Å². The molecule has 0 spiro atoms. The fourth-order valence-electron chi connectivity index (χ4n) is 3.27. The van der Waals surface area contributed by atoms with Crippen molar-refractivity contribution < 1.29 is 4.92 Å². The Hall–Kier alpha value is -1.10. The molecule has 0 heterocycles. The van der Waals surface area contributed by atoms with Crippen LogP contribution in [0.1, 0.15) is 44.6 Å². The number of halogens is 1. The summed E-state index contributed by atoms with van der Waals surface area (Å²) in [5.41, 5.74) is 2.26. The van der Waals surface area contributed by atoms with Crippen molar-refractivity contribution in [3.63, 3.8) is 0 Å². The number of benzene rings is 1. The van der Waals surface area contributed by atoms with Crippen LogP contribution in [0.3, 0.4) is 0 Å². The maximum absolute atomic E-state index is 10.9. The number of hydrogen-bond donors (Lipinski definition) is 0. The molecule has 116 valence electrons. The summed E-state index contributed by atoms with van der Waals surface area (Å²) >= 11 is 3.46. The van der Waals surface area contributed by atoms with Crippen LogP contribution in [0, 0.1) is 16.0 Å². The molecule has 0 radical (unpaired) electrons. The molecule has 1 aromatic carbocycles. The van der Waals surface area contributed by atoms with Crippen LogP contribution < -0.4 is 4.90 Å². The van der Waals surface area contributed by atoms with Crippen LogP contribution in [0.25, 0.3) is 0 Å². The van der Waals surface area contributed by atoms with Crippen molar-refractivity contribution in [1.29, 1.82) is 0 Å². The monoisotopic (exact) mass is 354 g/mol. The maximum Gasteiger partial charge on any atom is 0.269 e. The molecule has 1 aliphatic carbocycles. The van der Waals surface area contributed by atoms with E-state index in [1.807, 2.05) is 6.07 Å². The first-order valence-electron chi connectivity index (χ1n) is 7.62. The molecule has 0 atom stereocenters. The van der Waals surface area contributed by atoms with E-state index < -0.39 is 0 Å². The quantitative estimate of drug-likeness (QED) is 0.429. The highest BCUT2D eigenvalue weighted by atomic mass is 79.9. The van der Waals surface area contributed by atoms with E-state index in [9.17, 15) is 10.1 Å². The molecule has 0 bridgehead atoms. The van der Waals surface area contributed by atoms with Gasteiger partial charge in [-0.05, 0) is 43.2 Å². The van der Waals surface area contributed by atoms with Crippen LogP contribution in [0.4, 0.5) is 11.4 Å². The fraction of sp³-hybridized carbons (Fsp3) is 0.625. The number of anilines is 1. The minimum Gasteiger partial charge on any atom is -0.371 e. The fourth-order valence-corrected chi connectivity index (χ4v) is 3.72. The van der Waals surface area contributed by atoms with Crippen molar-refractivity contribution in [2.45, 2.75) is 50.4 Å². The summed E-state index contributed by atoms with van der Waals surface area (Å²) in [5, 5.41) is 11.5. The summed E-state index contributed by atoms with van der Waals surface area (Å²) in [6.07, 6.45) is 6.30. The van der Waals surface area contributed by atoms with Crippen molar-refractivity contribution in [3.8, 4) is 0 Å². The van der Waals surface area contributed by atoms with E-state index >= 15 is 0 Å². The Kier molecular flexibility index (Phi) is 5.62. The Morgan fingerprint density at radius 3 is 2.52 bits per heavy atom. The van der Waals surface area contributed by atoms with Gasteiger partial charge in [0.1, 0.15) is 0 Å². The number of non-ortho nitro benzene ring substituents is 1. The number of nitrogens with zero attached hydrogens (tertiary/aromatic N) is 2. The van der Waals surface area contributed by atoms with Gasteiger partial charge in [0.2, 0.25) is 0 Å². The van der Waals surface area contributed by atoms with Gasteiger partial charge in [0.25, 0.3) is 5.69 Å². The summed E-state index contributed by atoms with van der Waals surface area (Å²) in [7, 11) is 2.12. The van der Waals surface area contributed by atoms with Crippen molar-refractivity contribution >= 4 is 27.3 Å². The van der Waals surface area contributed by atoms with Gasteiger partial charge >= 0.3 is 0 Å². The standard InChI is InChI=1S/C16H23BrN2O2/c1-3-12-4-6-14(7-5-12)18(2)16-9-8-15(19(20)21)10-13(16)11-17/h8-10,12,14H,3-7,11H2,1-2H3. The molecule has 1 aromatic rings. The first-order chi connectivity index (χ1) is 10.1. The Balaban J connectivity index is 2.15. The van der Waals surface area contributed by atoms with Crippen molar-refractivity contribution in [2.24, 2.45) is 5.92 Å². The number of alkyl halides is 1. The molecule has 4 nitrogen and oxygen atoms in total. The lowest BCUT2D eigenvalue weighted by Crippen LogP contribution is -2.35. The van der Waals surface area contributed by atoms with E-state index in [0.29, 0.717) is 11.4 Å². The lowest BCUT2D eigenvalue weighted by Gasteiger charge is -2.36. The van der Waals surface area contributed by atoms with Gasteiger partial charge in [0.05, 0.1) is 4.92 Å². The third-order valence-corrected chi connectivity index (χ3v) is 5.34. The Labute approximate surface area is 134 Å². The van der Waals surface area contributed by atoms with Crippen LogP contribution in [0.5, 0.6) is 0 Å². The molecular formula is C16H23BrN2O2. The van der Waals surface area contributed by atoms with Gasteiger partial charge in [0, 0.05) is 36.2 Å². The molecule has 0 unspecified atom stereocenters. The summed E-state index contributed by atoms with van der Waals surface area (Å²) in [6, 6.07) is 5.72. The summed E-state index contributed by atoms with van der Waals surface area (Å²) in [6.45, 7) is 2.27. The molecule has 0 saturated heterocycles. The van der Waals surface area contributed by atoms with Gasteiger partial charge in [-0.25, -0.2) is 0 Å². The largest absolute Gasteiger partial charge is 0.371 e. The lowest BCUT2D eigenvalue weighted by atomic mass is 9.84. The summed E-state index contributed by atoms with van der Waals surface area (Å²) in [5.74, 6) is 0.877. The van der Waals surface area contributed by atoms with E-state index in [4.69, 9.17) is 0 Å². The number of nitro groups is 1. The second-order valence-corrected chi connectivity index (χ2v) is 6.46. The van der Waals surface area contributed by atoms with Gasteiger partial charge in [-0.2, -0.15) is 0 Å². The molecular weight excluding hydrogens is 332 g/mol. The van der Waals surface area contributed by atoms with E-state index in [0.717, 1.165) is 17.2 Å². The topological polar surface area (TPSA) is 46.4 Å². The molecule has 5 heteroatoms. The Morgan fingerprint density at radius 2 is 2.00 bits per heavy atom. The molecule has 2 rings (SSSR count). The van der Waals surface area contributed by atoms with Crippen LogP contribution in [0.15, 0.2) is 18.2 Å². The number of hydrogen-bond acceptors (Lipinski definition) is 3. The third kappa shape index (κ3) is 3.76. The second-order valence-electron chi connectivity index (χ2n) is 5.90. The summed E-state index contributed by atoms with van der Waals surface area (Å²) in [4.78, 5) is 12.9. The smallest absolute Gasteiger partial charge is 0.269 e. The lowest BCUT2D eigenvalue weighted by molar-refractivity contribution is -0.384. The van der Waals surface area contributed by atoms with E-state index in [-0.39, 0.29) is 10.6 Å². The third-order valence-electron chi connectivity index (χ3n) is 4.74. The molecule has 0 N–H and O–H groups in total. The number of nitro benzene ring substituents is 1. The van der Waals surface area contributed by atoms with Gasteiger partial charge in [-0.1, -0.05) is 29.3 Å². The zero-order valence-corrected chi connectivity index (χ0v) is 14.3. The van der Waals surface area contributed by atoms with Crippen molar-refractivity contribution in [3.05, 3.63) is 33.9 Å². The minimum atomic E-state index is -0.331. The predicted octanol–water partition coefficient (Wildman–Crippen LogP) is 4.89. The second kappa shape index (κ2) is 7.25. The highest BCUT2D eigenvalue weighted by Gasteiger charge is 2.24. The first-order valence-corrected chi connectivity index (χ1v) is 8.75. The van der Waals surface area contributed by atoms with E-state index in [2.05, 4.69) is 34.8 Å². The average Bonchev–Trinajstić information content (AvgIpc) is 2.53. The molecule has 1 saturated carbocycles. The van der Waals surface area contributed by atoms with Crippen molar-refractivity contribution in [1.82, 2.24) is 0 Å². The van der Waals surface area contributed by atoms with Crippen LogP contribution in [0.2, 0.25) is 0 Å². The molecule has 21 heavy (non-hydrogen) atoms. The minimum absolute atomic E-state index is 0.163. The zero-order chi connectivity index (χ0) is 15.4. The van der Waals surface area contributed by atoms with Crippen molar-refractivity contribution in [2.75, 3.05) is 11.9 Å². The van der Waals surface area contributed by atoms with Crippen LogP contribution in [-0.2, 0) is 5.33 Å². The SMILES string of the molecule is CCC1CCC(N(C)c2ccc([N+](=O)[O-])cc2CBr)CC1. The summed E-state index contributed by atoms with van der Waals surface area (Å²) < 4.78 is 0. The van der Waals surface area contributed by atoms with Gasteiger partial charge in [-0.15, -0.1) is 0 Å². The molecule has 1 fully saturated rings. The van der Waals surface area contributed by atoms with E-state index in [1.165, 1.54) is 32.1 Å². The molecule has 0 amide bonds. The zero-order valence-electron chi connectivity index (χ0n) is 12.7. The predicted molar refractivity (Wildman–Crippen MR) is 90.2 cm³/mol. The van der Waals surface area contributed by atoms with Gasteiger partial charge in [-0.3, -0.25) is 10.1 Å². The molecule has 0 aromatic heterocycles. The Morgan fingerprint density at radius 1 is 1.33 bits per heavy atom. The Bertz CT molecular complexity index is 499.